The van der Waals surface area contributed by atoms with E-state index < -0.39 is 10.8 Å². The summed E-state index contributed by atoms with van der Waals surface area (Å²) in [6, 6.07) is 9.90. The van der Waals surface area contributed by atoms with Gasteiger partial charge in [0.25, 0.3) is 5.69 Å². The quantitative estimate of drug-likeness (QED) is 0.376. The zero-order valence-electron chi connectivity index (χ0n) is 11.9. The molecule has 0 unspecified atom stereocenters. The monoisotopic (exact) mass is 347 g/mol. The number of benzene rings is 1. The van der Waals surface area contributed by atoms with E-state index in [1.807, 2.05) is 17.5 Å². The lowest BCUT2D eigenvalue weighted by Crippen LogP contribution is -2.37. The van der Waals surface area contributed by atoms with E-state index in [4.69, 9.17) is 12.2 Å². The van der Waals surface area contributed by atoms with E-state index in [9.17, 15) is 14.9 Å². The highest BCUT2D eigenvalue weighted by atomic mass is 32.1. The number of hydrogen-bond acceptors (Lipinski definition) is 5. The Morgan fingerprint density at radius 2 is 2.17 bits per heavy atom. The van der Waals surface area contributed by atoms with E-state index in [0.717, 1.165) is 4.88 Å². The van der Waals surface area contributed by atoms with Gasteiger partial charge in [0.05, 0.1) is 11.5 Å². The summed E-state index contributed by atoms with van der Waals surface area (Å²) in [6.45, 7) is 0.547. The molecule has 1 aromatic heterocycles. The minimum Gasteiger partial charge on any atom is -0.357 e. The second-order valence-corrected chi connectivity index (χ2v) is 5.88. The largest absolute Gasteiger partial charge is 0.357 e. The number of carbonyl (C=O) groups excluding carboxylic acids is 1. The number of thiophene rings is 1. The first-order valence-corrected chi connectivity index (χ1v) is 7.87. The molecule has 118 valence electrons. The number of amides is 1. The van der Waals surface area contributed by atoms with Crippen molar-refractivity contribution in [3.8, 4) is 0 Å². The molecule has 1 aromatic carbocycles. The van der Waals surface area contributed by atoms with Crippen LogP contribution in [0.15, 0.2) is 47.9 Å². The van der Waals surface area contributed by atoms with Crippen LogP contribution in [0.3, 0.4) is 0 Å². The maximum atomic E-state index is 11.8. The van der Waals surface area contributed by atoms with E-state index in [1.54, 1.807) is 23.5 Å². The molecule has 0 spiro atoms. The third kappa shape index (κ3) is 5.61. The fourth-order valence-electron chi connectivity index (χ4n) is 1.69. The molecule has 8 heteroatoms. The number of hydrogen-bond donors (Lipinski definition) is 2. The van der Waals surface area contributed by atoms with Gasteiger partial charge in [0.15, 0.2) is 5.11 Å². The molecule has 0 saturated heterocycles. The summed E-state index contributed by atoms with van der Waals surface area (Å²) in [5.41, 5.74) is 0.535. The Kier molecular flexibility index (Phi) is 5.95. The number of rotatable bonds is 5. The highest BCUT2D eigenvalue weighted by molar-refractivity contribution is 7.80. The average molecular weight is 347 g/mol. The van der Waals surface area contributed by atoms with Gasteiger partial charge in [0.2, 0.25) is 5.91 Å². The minimum absolute atomic E-state index is 0.0271. The fourth-order valence-corrected chi connectivity index (χ4v) is 2.51. The van der Waals surface area contributed by atoms with Crippen molar-refractivity contribution in [3.05, 3.63) is 68.4 Å². The predicted molar refractivity (Wildman–Crippen MR) is 94.0 cm³/mol. The van der Waals surface area contributed by atoms with Gasteiger partial charge < -0.3 is 5.32 Å². The zero-order chi connectivity index (χ0) is 16.7. The second kappa shape index (κ2) is 8.16. The van der Waals surface area contributed by atoms with Crippen molar-refractivity contribution in [2.24, 2.45) is 0 Å². The molecule has 0 atom stereocenters. The number of thiocarbonyl (C=S) groups is 1. The number of carbonyl (C=O) groups is 1. The lowest BCUT2D eigenvalue weighted by molar-refractivity contribution is -0.384. The van der Waals surface area contributed by atoms with E-state index >= 15 is 0 Å². The van der Waals surface area contributed by atoms with Crippen LogP contribution in [0, 0.1) is 10.1 Å². The smallest absolute Gasteiger partial charge is 0.270 e. The van der Waals surface area contributed by atoms with Crippen molar-refractivity contribution in [1.82, 2.24) is 10.6 Å². The molecule has 0 aliphatic carbocycles. The number of nitrogens with zero attached hydrogens (tertiary/aromatic N) is 1. The van der Waals surface area contributed by atoms with E-state index in [2.05, 4.69) is 10.6 Å². The Balaban J connectivity index is 1.85. The van der Waals surface area contributed by atoms with Gasteiger partial charge in [-0.25, -0.2) is 0 Å². The summed E-state index contributed by atoms with van der Waals surface area (Å²) in [4.78, 5) is 23.1. The molecule has 0 saturated carbocycles. The molecule has 2 N–H and O–H groups in total. The van der Waals surface area contributed by atoms with Crippen LogP contribution in [-0.4, -0.2) is 15.9 Å². The van der Waals surface area contributed by atoms with Crippen LogP contribution < -0.4 is 10.6 Å². The summed E-state index contributed by atoms with van der Waals surface area (Å²) in [5, 5.41) is 18.3. The van der Waals surface area contributed by atoms with E-state index in [0.29, 0.717) is 12.1 Å². The fraction of sp³-hybridized carbons (Fsp3) is 0.0667. The topological polar surface area (TPSA) is 84.3 Å². The van der Waals surface area contributed by atoms with Gasteiger partial charge in [0.1, 0.15) is 0 Å². The molecule has 1 amide bonds. The highest BCUT2D eigenvalue weighted by Crippen LogP contribution is 2.14. The van der Waals surface area contributed by atoms with Gasteiger partial charge in [-0.2, -0.15) is 0 Å². The first-order valence-electron chi connectivity index (χ1n) is 6.58. The second-order valence-electron chi connectivity index (χ2n) is 4.44. The summed E-state index contributed by atoms with van der Waals surface area (Å²) in [6.07, 6.45) is 2.77. The van der Waals surface area contributed by atoms with E-state index in [-0.39, 0.29) is 10.8 Å². The van der Waals surface area contributed by atoms with Crippen LogP contribution in [0.1, 0.15) is 10.4 Å². The van der Waals surface area contributed by atoms with Crippen molar-refractivity contribution in [1.29, 1.82) is 0 Å². The van der Waals surface area contributed by atoms with Gasteiger partial charge in [0, 0.05) is 23.1 Å². The summed E-state index contributed by atoms with van der Waals surface area (Å²) in [5.74, 6) is -0.403. The molecular weight excluding hydrogens is 334 g/mol. The molecule has 0 aliphatic rings. The third-order valence-electron chi connectivity index (χ3n) is 2.75. The highest BCUT2D eigenvalue weighted by Gasteiger charge is 2.05. The van der Waals surface area contributed by atoms with Crippen LogP contribution in [0.4, 0.5) is 5.69 Å². The number of nitro groups is 1. The van der Waals surface area contributed by atoms with Crippen molar-refractivity contribution in [2.45, 2.75) is 6.54 Å². The molecule has 0 fully saturated rings. The van der Waals surface area contributed by atoms with E-state index in [1.165, 1.54) is 24.3 Å². The van der Waals surface area contributed by atoms with Gasteiger partial charge in [-0.3, -0.25) is 20.2 Å². The molecule has 1 heterocycles. The minimum atomic E-state index is -0.485. The van der Waals surface area contributed by atoms with Crippen molar-refractivity contribution in [3.63, 3.8) is 0 Å². The number of non-ortho nitro benzene ring substituents is 1. The zero-order valence-corrected chi connectivity index (χ0v) is 13.5. The normalized spacial score (nSPS) is 10.4. The first kappa shape index (κ1) is 16.8. The summed E-state index contributed by atoms with van der Waals surface area (Å²) in [7, 11) is 0. The van der Waals surface area contributed by atoms with Gasteiger partial charge in [-0.1, -0.05) is 18.2 Å². The predicted octanol–water partition coefficient (Wildman–Crippen LogP) is 2.86. The van der Waals surface area contributed by atoms with Crippen LogP contribution in [0.2, 0.25) is 0 Å². The summed E-state index contributed by atoms with van der Waals surface area (Å²) >= 11 is 6.62. The van der Waals surface area contributed by atoms with Crippen LogP contribution in [-0.2, 0) is 11.3 Å². The van der Waals surface area contributed by atoms with Gasteiger partial charge in [-0.05, 0) is 35.3 Å². The molecule has 0 bridgehead atoms. The Morgan fingerprint density at radius 3 is 2.87 bits per heavy atom. The Hall–Kier alpha value is -2.58. The average Bonchev–Trinajstić information content (AvgIpc) is 3.04. The Labute approximate surface area is 142 Å². The third-order valence-corrected chi connectivity index (χ3v) is 3.87. The molecule has 0 radical (unpaired) electrons. The van der Waals surface area contributed by atoms with Crippen LogP contribution in [0.25, 0.3) is 6.08 Å². The molecule has 6 nitrogen and oxygen atoms in total. The van der Waals surface area contributed by atoms with Crippen LogP contribution in [0.5, 0.6) is 0 Å². The summed E-state index contributed by atoms with van der Waals surface area (Å²) < 4.78 is 0. The van der Waals surface area contributed by atoms with Crippen molar-refractivity contribution < 1.29 is 9.72 Å². The van der Waals surface area contributed by atoms with Gasteiger partial charge >= 0.3 is 0 Å². The lowest BCUT2D eigenvalue weighted by Gasteiger charge is -2.06. The first-order chi connectivity index (χ1) is 11.0. The number of nitrogens with one attached hydrogen (secondary N) is 2. The molecule has 2 aromatic rings. The van der Waals surface area contributed by atoms with Crippen molar-refractivity contribution >= 4 is 46.3 Å². The molecular formula is C15H13N3O3S2. The SMILES string of the molecule is O=C(/C=C/c1cccc([N+](=O)[O-])c1)NC(=S)NCc1cccs1. The number of nitro benzene ring substituents is 1. The maximum Gasteiger partial charge on any atom is 0.270 e. The van der Waals surface area contributed by atoms with Gasteiger partial charge in [-0.15, -0.1) is 11.3 Å². The van der Waals surface area contributed by atoms with Crippen molar-refractivity contribution in [2.75, 3.05) is 0 Å². The maximum absolute atomic E-state index is 11.8. The standard InChI is InChI=1S/C15H13N3O3S2/c19-14(17-15(22)16-10-13-5-2-8-23-13)7-6-11-3-1-4-12(9-11)18(20)21/h1-9H,10H2,(H2,16,17,19,22)/b7-6+. The Morgan fingerprint density at radius 1 is 1.35 bits per heavy atom. The molecule has 2 rings (SSSR count). The molecule has 0 aliphatic heterocycles. The van der Waals surface area contributed by atoms with Crippen LogP contribution >= 0.6 is 23.6 Å². The molecule has 23 heavy (non-hydrogen) atoms. The lowest BCUT2D eigenvalue weighted by atomic mass is 10.2. The Bertz CT molecular complexity index is 742.